The lowest BCUT2D eigenvalue weighted by atomic mass is 10.2. The van der Waals surface area contributed by atoms with Gasteiger partial charge < -0.3 is 15.0 Å². The lowest BCUT2D eigenvalue weighted by Gasteiger charge is -2.28. The van der Waals surface area contributed by atoms with Crippen LogP contribution in [0.25, 0.3) is 0 Å². The number of nitrogens with one attached hydrogen (secondary N) is 1. The molecular weight excluding hydrogens is 252 g/mol. The van der Waals surface area contributed by atoms with Gasteiger partial charge in [0, 0.05) is 24.8 Å². The first kappa shape index (κ1) is 14.9. The summed E-state index contributed by atoms with van der Waals surface area (Å²) in [5.74, 6) is -0.145. The first-order valence-electron chi connectivity index (χ1n) is 7.47. The molecule has 1 unspecified atom stereocenters. The largest absolute Gasteiger partial charge is 0.465 e. The molecule has 1 aromatic carbocycles. The van der Waals surface area contributed by atoms with Gasteiger partial charge in [-0.3, -0.25) is 4.79 Å². The van der Waals surface area contributed by atoms with E-state index < -0.39 is 0 Å². The van der Waals surface area contributed by atoms with Crippen LogP contribution in [0.2, 0.25) is 0 Å². The Morgan fingerprint density at radius 2 is 2.05 bits per heavy atom. The third-order valence-corrected chi connectivity index (χ3v) is 3.49. The lowest BCUT2D eigenvalue weighted by Crippen LogP contribution is -2.48. The van der Waals surface area contributed by atoms with Gasteiger partial charge in [0.05, 0.1) is 6.61 Å². The zero-order valence-electron chi connectivity index (χ0n) is 12.3. The van der Waals surface area contributed by atoms with Crippen LogP contribution < -0.4 is 10.2 Å². The summed E-state index contributed by atoms with van der Waals surface area (Å²) >= 11 is 0. The third-order valence-electron chi connectivity index (χ3n) is 3.49. The van der Waals surface area contributed by atoms with Crippen LogP contribution in [0.15, 0.2) is 30.3 Å². The minimum Gasteiger partial charge on any atom is -0.465 e. The van der Waals surface area contributed by atoms with Gasteiger partial charge in [0.25, 0.3) is 0 Å². The molecule has 0 heterocycles. The molecule has 4 heteroatoms. The van der Waals surface area contributed by atoms with Crippen molar-refractivity contribution in [2.45, 2.75) is 38.8 Å². The Kier molecular flexibility index (Phi) is 5.41. The molecule has 0 spiro atoms. The van der Waals surface area contributed by atoms with Crippen LogP contribution in [0.4, 0.5) is 5.69 Å². The molecule has 20 heavy (non-hydrogen) atoms. The number of ether oxygens (including phenoxy) is 1. The topological polar surface area (TPSA) is 41.6 Å². The van der Waals surface area contributed by atoms with E-state index in [9.17, 15) is 4.79 Å². The van der Waals surface area contributed by atoms with E-state index >= 15 is 0 Å². The van der Waals surface area contributed by atoms with Gasteiger partial charge >= 0.3 is 5.97 Å². The number of rotatable bonds is 8. The van der Waals surface area contributed by atoms with Crippen molar-refractivity contribution in [1.82, 2.24) is 5.32 Å². The zero-order valence-corrected chi connectivity index (χ0v) is 12.3. The molecule has 1 fully saturated rings. The molecule has 1 aliphatic carbocycles. The van der Waals surface area contributed by atoms with Crippen molar-refractivity contribution in [2.75, 3.05) is 24.6 Å². The second-order valence-electron chi connectivity index (χ2n) is 5.12. The normalized spacial score (nSPS) is 15.7. The Labute approximate surface area is 121 Å². The van der Waals surface area contributed by atoms with Crippen LogP contribution in [-0.2, 0) is 9.53 Å². The number of hydrogen-bond acceptors (Lipinski definition) is 4. The smallest absolute Gasteiger partial charge is 0.324 e. The molecule has 0 amide bonds. The van der Waals surface area contributed by atoms with E-state index in [1.165, 1.54) is 0 Å². The van der Waals surface area contributed by atoms with Gasteiger partial charge in [-0.2, -0.15) is 0 Å². The highest BCUT2D eigenvalue weighted by atomic mass is 16.5. The quantitative estimate of drug-likeness (QED) is 0.739. The van der Waals surface area contributed by atoms with Crippen LogP contribution >= 0.6 is 0 Å². The Hall–Kier alpha value is -1.55. The number of anilines is 1. The van der Waals surface area contributed by atoms with Gasteiger partial charge in [0.15, 0.2) is 0 Å². The summed E-state index contributed by atoms with van der Waals surface area (Å²) in [5, 5.41) is 3.39. The van der Waals surface area contributed by atoms with Crippen LogP contribution in [0, 0.1) is 0 Å². The maximum Gasteiger partial charge on any atom is 0.324 e. The summed E-state index contributed by atoms with van der Waals surface area (Å²) in [6.07, 6.45) is 2.32. The van der Waals surface area contributed by atoms with Crippen molar-refractivity contribution >= 4 is 11.7 Å². The SMILES string of the molecule is CCOC(=O)C(CN(CC)c1ccccc1)NC1CC1. The van der Waals surface area contributed by atoms with E-state index in [1.807, 2.05) is 25.1 Å². The average Bonchev–Trinajstić information content (AvgIpc) is 3.28. The number of nitrogens with zero attached hydrogens (tertiary/aromatic N) is 1. The number of benzene rings is 1. The summed E-state index contributed by atoms with van der Waals surface area (Å²) in [4.78, 5) is 14.3. The number of esters is 1. The first-order valence-corrected chi connectivity index (χ1v) is 7.47. The van der Waals surface area contributed by atoms with Crippen molar-refractivity contribution in [2.24, 2.45) is 0 Å². The summed E-state index contributed by atoms with van der Waals surface area (Å²) in [5.41, 5.74) is 1.14. The van der Waals surface area contributed by atoms with Crippen LogP contribution in [0.1, 0.15) is 26.7 Å². The van der Waals surface area contributed by atoms with E-state index in [1.54, 1.807) is 0 Å². The minimum atomic E-state index is -0.248. The highest BCUT2D eigenvalue weighted by molar-refractivity contribution is 5.77. The Bertz CT molecular complexity index is 418. The van der Waals surface area contributed by atoms with Crippen LogP contribution in [-0.4, -0.2) is 37.7 Å². The molecule has 1 aromatic rings. The van der Waals surface area contributed by atoms with Gasteiger partial charge in [0.1, 0.15) is 6.04 Å². The van der Waals surface area contributed by atoms with Gasteiger partial charge in [-0.05, 0) is 38.8 Å². The van der Waals surface area contributed by atoms with Crippen LogP contribution in [0.5, 0.6) is 0 Å². The molecule has 0 saturated heterocycles. The minimum absolute atomic E-state index is 0.145. The van der Waals surface area contributed by atoms with E-state index in [-0.39, 0.29) is 12.0 Å². The molecular formula is C16H24N2O2. The fourth-order valence-corrected chi connectivity index (χ4v) is 2.25. The average molecular weight is 276 g/mol. The van der Waals surface area contributed by atoms with Crippen molar-refractivity contribution in [3.05, 3.63) is 30.3 Å². The maximum absolute atomic E-state index is 12.1. The van der Waals surface area contributed by atoms with Gasteiger partial charge in [-0.1, -0.05) is 18.2 Å². The van der Waals surface area contributed by atoms with Gasteiger partial charge in [0.2, 0.25) is 0 Å². The molecule has 1 N–H and O–H groups in total. The van der Waals surface area contributed by atoms with E-state index in [0.717, 1.165) is 25.1 Å². The fraction of sp³-hybridized carbons (Fsp3) is 0.562. The Morgan fingerprint density at radius 1 is 1.35 bits per heavy atom. The predicted molar refractivity (Wildman–Crippen MR) is 80.9 cm³/mol. The molecule has 1 atom stereocenters. The van der Waals surface area contributed by atoms with E-state index in [4.69, 9.17) is 4.74 Å². The Morgan fingerprint density at radius 3 is 2.60 bits per heavy atom. The number of likely N-dealkylation sites (N-methyl/N-ethyl adjacent to an activating group) is 1. The van der Waals surface area contributed by atoms with Gasteiger partial charge in [-0.25, -0.2) is 0 Å². The Balaban J connectivity index is 2.02. The molecule has 4 nitrogen and oxygen atoms in total. The standard InChI is InChI=1S/C16H24N2O2/c1-3-18(14-8-6-5-7-9-14)12-15(16(19)20-4-2)17-13-10-11-13/h5-9,13,15,17H,3-4,10-12H2,1-2H3. The van der Waals surface area contributed by atoms with E-state index in [2.05, 4.69) is 29.3 Å². The van der Waals surface area contributed by atoms with E-state index in [0.29, 0.717) is 19.2 Å². The number of carbonyl (C=O) groups is 1. The zero-order chi connectivity index (χ0) is 14.4. The monoisotopic (exact) mass is 276 g/mol. The van der Waals surface area contributed by atoms with Crippen molar-refractivity contribution in [1.29, 1.82) is 0 Å². The molecule has 0 bridgehead atoms. The molecule has 0 aromatic heterocycles. The summed E-state index contributed by atoms with van der Waals surface area (Å²) in [6, 6.07) is 10.4. The van der Waals surface area contributed by atoms with Crippen molar-refractivity contribution in [3.63, 3.8) is 0 Å². The lowest BCUT2D eigenvalue weighted by molar-refractivity contribution is -0.145. The molecule has 2 rings (SSSR count). The second-order valence-corrected chi connectivity index (χ2v) is 5.12. The first-order chi connectivity index (χ1) is 9.74. The molecule has 1 saturated carbocycles. The molecule has 0 aliphatic heterocycles. The van der Waals surface area contributed by atoms with Gasteiger partial charge in [-0.15, -0.1) is 0 Å². The highest BCUT2D eigenvalue weighted by Crippen LogP contribution is 2.21. The second kappa shape index (κ2) is 7.29. The number of carbonyl (C=O) groups excluding carboxylic acids is 1. The van der Waals surface area contributed by atoms with Crippen LogP contribution in [0.3, 0.4) is 0 Å². The predicted octanol–water partition coefficient (Wildman–Crippen LogP) is 2.20. The summed E-state index contributed by atoms with van der Waals surface area (Å²) < 4.78 is 5.19. The molecule has 110 valence electrons. The molecule has 0 radical (unpaired) electrons. The maximum atomic E-state index is 12.1. The van der Waals surface area contributed by atoms with Crippen molar-refractivity contribution < 1.29 is 9.53 Å². The fourth-order valence-electron chi connectivity index (χ4n) is 2.25. The molecule has 1 aliphatic rings. The highest BCUT2D eigenvalue weighted by Gasteiger charge is 2.30. The third kappa shape index (κ3) is 4.23. The number of hydrogen-bond donors (Lipinski definition) is 1. The van der Waals surface area contributed by atoms with Crippen molar-refractivity contribution in [3.8, 4) is 0 Å². The summed E-state index contributed by atoms with van der Waals surface area (Å²) in [7, 11) is 0. The number of para-hydroxylation sites is 1. The summed E-state index contributed by atoms with van der Waals surface area (Å²) in [6.45, 7) is 5.90.